The molecule has 13 heteroatoms. The highest BCUT2D eigenvalue weighted by Gasteiger charge is 2.20. The Kier molecular flexibility index (Phi) is 8.74. The van der Waals surface area contributed by atoms with E-state index in [-0.39, 0.29) is 46.6 Å². The van der Waals surface area contributed by atoms with E-state index in [1.165, 1.54) is 27.2 Å². The smallest absolute Gasteiger partial charge is 0.281 e. The van der Waals surface area contributed by atoms with Gasteiger partial charge in [0.2, 0.25) is 5.88 Å². The lowest BCUT2D eigenvalue weighted by Gasteiger charge is -2.15. The number of aromatic nitrogens is 1. The van der Waals surface area contributed by atoms with Gasteiger partial charge in [0.15, 0.2) is 5.69 Å². The Balaban J connectivity index is 2.58. The quantitative estimate of drug-likeness (QED) is 0.385. The third-order valence-electron chi connectivity index (χ3n) is 4.76. The zero-order valence-electron chi connectivity index (χ0n) is 19.4. The van der Waals surface area contributed by atoms with Crippen molar-refractivity contribution in [1.29, 1.82) is 5.26 Å². The van der Waals surface area contributed by atoms with E-state index in [2.05, 4.69) is 10.2 Å². The number of benzene rings is 1. The first-order chi connectivity index (χ1) is 16.0. The summed E-state index contributed by atoms with van der Waals surface area (Å²) in [5.41, 5.74) is -0.830. The van der Waals surface area contributed by atoms with Crippen molar-refractivity contribution in [3.05, 3.63) is 38.8 Å². The number of azo groups is 1. The molecule has 0 unspecified atom stereocenters. The SMILES string of the molecule is COc1cc(S([NH-])(=O)=O)c(OC)cc1N=Nc1c(C)c(C#N)c(O)n(CCCOC(C)C)c1=O. The van der Waals surface area contributed by atoms with Crippen molar-refractivity contribution < 1.29 is 27.7 Å². The highest BCUT2D eigenvalue weighted by atomic mass is 32.2. The van der Waals surface area contributed by atoms with Crippen molar-refractivity contribution in [2.45, 2.75) is 44.7 Å². The Morgan fingerprint density at radius 2 is 1.85 bits per heavy atom. The molecule has 0 aliphatic heterocycles. The first-order valence-corrected chi connectivity index (χ1v) is 11.6. The summed E-state index contributed by atoms with van der Waals surface area (Å²) >= 11 is 0. The summed E-state index contributed by atoms with van der Waals surface area (Å²) < 4.78 is 40.1. The van der Waals surface area contributed by atoms with Gasteiger partial charge in [0.1, 0.15) is 38.8 Å². The lowest BCUT2D eigenvalue weighted by atomic mass is 10.1. The van der Waals surface area contributed by atoms with Crippen LogP contribution in [0.25, 0.3) is 5.14 Å². The number of nitriles is 1. The summed E-state index contributed by atoms with van der Waals surface area (Å²) in [4.78, 5) is 12.6. The number of sulfonamides is 1. The van der Waals surface area contributed by atoms with E-state index >= 15 is 0 Å². The van der Waals surface area contributed by atoms with Gasteiger partial charge in [0.25, 0.3) is 5.56 Å². The van der Waals surface area contributed by atoms with E-state index < -0.39 is 26.4 Å². The molecule has 1 aromatic heterocycles. The largest absolute Gasteiger partial charge is 0.560 e. The number of hydrogen-bond donors (Lipinski definition) is 1. The molecular formula is C21H26N5O7S-. The predicted octanol–water partition coefficient (Wildman–Crippen LogP) is 3.72. The number of ether oxygens (including phenoxy) is 3. The monoisotopic (exact) mass is 492 g/mol. The molecule has 0 aliphatic carbocycles. The van der Waals surface area contributed by atoms with Crippen LogP contribution in [0.4, 0.5) is 11.4 Å². The summed E-state index contributed by atoms with van der Waals surface area (Å²) in [5, 5.41) is 35.2. The number of rotatable bonds is 10. The Morgan fingerprint density at radius 3 is 2.38 bits per heavy atom. The highest BCUT2D eigenvalue weighted by Crippen LogP contribution is 2.38. The summed E-state index contributed by atoms with van der Waals surface area (Å²) in [6, 6.07) is 4.13. The normalized spacial score (nSPS) is 11.7. The first-order valence-electron chi connectivity index (χ1n) is 10.1. The van der Waals surface area contributed by atoms with Crippen molar-refractivity contribution in [3.63, 3.8) is 0 Å². The molecule has 0 aliphatic rings. The van der Waals surface area contributed by atoms with Crippen molar-refractivity contribution in [2.24, 2.45) is 10.2 Å². The Hall–Kier alpha value is -3.47. The maximum Gasteiger partial charge on any atom is 0.281 e. The van der Waals surface area contributed by atoms with Crippen LogP contribution < -0.4 is 15.0 Å². The maximum absolute atomic E-state index is 13.0. The average molecular weight is 493 g/mol. The zero-order valence-corrected chi connectivity index (χ0v) is 20.3. The summed E-state index contributed by atoms with van der Waals surface area (Å²) in [6.45, 7) is 5.63. The summed E-state index contributed by atoms with van der Waals surface area (Å²) in [6.07, 6.45) is 0.412. The molecule has 0 bridgehead atoms. The van der Waals surface area contributed by atoms with Crippen LogP contribution in [0, 0.1) is 18.3 Å². The van der Waals surface area contributed by atoms with E-state index in [4.69, 9.17) is 19.3 Å². The van der Waals surface area contributed by atoms with Crippen molar-refractivity contribution in [2.75, 3.05) is 20.8 Å². The highest BCUT2D eigenvalue weighted by molar-refractivity contribution is 7.93. The minimum atomic E-state index is -4.37. The van der Waals surface area contributed by atoms with E-state index in [0.717, 1.165) is 10.6 Å². The third-order valence-corrected chi connectivity index (χ3v) is 5.66. The molecule has 2 N–H and O–H groups in total. The molecule has 2 rings (SSSR count). The number of pyridine rings is 1. The van der Waals surface area contributed by atoms with Gasteiger partial charge in [-0.1, -0.05) is 0 Å². The lowest BCUT2D eigenvalue weighted by molar-refractivity contribution is 0.0744. The van der Waals surface area contributed by atoms with Gasteiger partial charge in [-0.15, -0.1) is 10.2 Å². The molecule has 0 atom stereocenters. The van der Waals surface area contributed by atoms with Crippen LogP contribution in [0.5, 0.6) is 17.4 Å². The first kappa shape index (κ1) is 26.8. The topological polar surface area (TPSA) is 176 Å². The number of hydrogen-bond acceptors (Lipinski definition) is 10. The van der Waals surface area contributed by atoms with Crippen LogP contribution in [-0.2, 0) is 21.3 Å². The van der Waals surface area contributed by atoms with Gasteiger partial charge in [-0.05, 0) is 27.2 Å². The lowest BCUT2D eigenvalue weighted by Crippen LogP contribution is -2.23. The molecule has 0 spiro atoms. The number of methoxy groups -OCH3 is 2. The van der Waals surface area contributed by atoms with Gasteiger partial charge < -0.3 is 24.5 Å². The van der Waals surface area contributed by atoms with Gasteiger partial charge >= 0.3 is 0 Å². The fraction of sp³-hybridized carbons (Fsp3) is 0.429. The van der Waals surface area contributed by atoms with Gasteiger partial charge in [-0.3, -0.25) is 9.36 Å². The average Bonchev–Trinajstić information content (AvgIpc) is 2.77. The van der Waals surface area contributed by atoms with Crippen LogP contribution in [0.1, 0.15) is 31.4 Å². The second kappa shape index (κ2) is 11.1. The molecular weight excluding hydrogens is 466 g/mol. The second-order valence-electron chi connectivity index (χ2n) is 7.39. The zero-order chi connectivity index (χ0) is 25.6. The molecule has 1 heterocycles. The number of nitrogens with one attached hydrogen (secondary N) is 1. The molecule has 0 radical (unpaired) electrons. The van der Waals surface area contributed by atoms with E-state index in [0.29, 0.717) is 13.0 Å². The van der Waals surface area contributed by atoms with Gasteiger partial charge in [0, 0.05) is 30.8 Å². The van der Waals surface area contributed by atoms with Gasteiger partial charge in [0.05, 0.1) is 25.2 Å². The molecule has 1 aromatic carbocycles. The summed E-state index contributed by atoms with van der Waals surface area (Å²) in [7, 11) is -1.87. The fourth-order valence-corrected chi connectivity index (χ4v) is 3.72. The Bertz CT molecular complexity index is 1290. The number of nitrogens with zero attached hydrogens (tertiary/aromatic N) is 4. The van der Waals surface area contributed by atoms with Crippen molar-refractivity contribution in [3.8, 4) is 23.4 Å². The van der Waals surface area contributed by atoms with E-state index in [1.807, 2.05) is 19.9 Å². The van der Waals surface area contributed by atoms with Crippen molar-refractivity contribution in [1.82, 2.24) is 4.57 Å². The van der Waals surface area contributed by atoms with E-state index in [1.54, 1.807) is 0 Å². The third kappa shape index (κ3) is 5.90. The molecule has 2 aromatic rings. The fourth-order valence-electron chi connectivity index (χ4n) is 3.05. The molecule has 184 valence electrons. The van der Waals surface area contributed by atoms with Crippen LogP contribution in [0.15, 0.2) is 32.1 Å². The van der Waals surface area contributed by atoms with Gasteiger partial charge in [-0.25, -0.2) is 8.42 Å². The van der Waals surface area contributed by atoms with Crippen LogP contribution in [0.2, 0.25) is 0 Å². The molecule has 0 saturated carbocycles. The Morgan fingerprint density at radius 1 is 1.21 bits per heavy atom. The predicted molar refractivity (Wildman–Crippen MR) is 123 cm³/mol. The molecule has 12 nitrogen and oxygen atoms in total. The second-order valence-corrected chi connectivity index (χ2v) is 8.84. The van der Waals surface area contributed by atoms with Gasteiger partial charge in [-0.2, -0.15) is 5.26 Å². The molecule has 0 amide bonds. The number of aromatic hydroxyl groups is 1. The molecule has 34 heavy (non-hydrogen) atoms. The van der Waals surface area contributed by atoms with E-state index in [9.17, 15) is 23.6 Å². The Labute approximate surface area is 197 Å². The minimum absolute atomic E-state index is 0.00534. The van der Waals surface area contributed by atoms with Crippen molar-refractivity contribution >= 4 is 21.4 Å². The van der Waals surface area contributed by atoms with Crippen LogP contribution >= 0.6 is 0 Å². The molecule has 0 fully saturated rings. The minimum Gasteiger partial charge on any atom is -0.560 e. The standard InChI is InChI=1S/C21H27N5O7S/c1-12(2)33-8-6-7-26-20(27)14(11-22)13(3)19(21(26)28)25-24-15-9-17(32-5)18(34(23,29)30)10-16(15)31-4/h9-10,12H,6-8H2,1-5H3,(H3,23,24,27,28,29,30)/p-1. The van der Waals surface area contributed by atoms with Crippen LogP contribution in [-0.4, -0.2) is 45.0 Å². The maximum atomic E-state index is 13.0. The van der Waals surface area contributed by atoms with Crippen LogP contribution in [0.3, 0.4) is 0 Å². The molecule has 0 saturated heterocycles. The summed E-state index contributed by atoms with van der Waals surface area (Å²) in [5.74, 6) is -0.663.